The van der Waals surface area contributed by atoms with Crippen LogP contribution in [0.15, 0.2) is 30.5 Å². The molecular weight excluding hydrogens is 314 g/mol. The van der Waals surface area contributed by atoms with Gasteiger partial charge in [-0.2, -0.15) is 5.26 Å². The molecule has 0 aliphatic rings. The van der Waals surface area contributed by atoms with E-state index in [0.29, 0.717) is 6.42 Å². The second kappa shape index (κ2) is 7.02. The molecule has 2 N–H and O–H groups in total. The zero-order chi connectivity index (χ0) is 18.7. The number of ether oxygens (including phenoxy) is 1. The Bertz CT molecular complexity index is 833. The fourth-order valence-corrected chi connectivity index (χ4v) is 2.75. The molecule has 1 amide bonds. The van der Waals surface area contributed by atoms with Crippen molar-refractivity contribution >= 4 is 23.1 Å². The molecule has 5 heteroatoms. The summed E-state index contributed by atoms with van der Waals surface area (Å²) in [6, 6.07) is 7.97. The quantitative estimate of drug-likeness (QED) is 0.802. The van der Waals surface area contributed by atoms with Gasteiger partial charge in [0, 0.05) is 23.2 Å². The van der Waals surface area contributed by atoms with Gasteiger partial charge in [0.25, 0.3) is 0 Å². The first-order valence-corrected chi connectivity index (χ1v) is 8.28. The number of amides is 1. The number of fused-ring (bicyclic) bond motifs is 1. The summed E-state index contributed by atoms with van der Waals surface area (Å²) in [4.78, 5) is 15.3. The minimum absolute atomic E-state index is 0.421. The van der Waals surface area contributed by atoms with Crippen LogP contribution >= 0.6 is 0 Å². The number of H-pyrrole nitrogens is 1. The number of carbonyl (C=O) groups is 1. The molecule has 1 aromatic heterocycles. The lowest BCUT2D eigenvalue weighted by Crippen LogP contribution is -2.47. The number of nitriles is 1. The maximum absolute atomic E-state index is 12.1. The van der Waals surface area contributed by atoms with Crippen molar-refractivity contribution in [2.75, 3.05) is 0 Å². The molecule has 0 radical (unpaired) electrons. The normalized spacial score (nSPS) is 12.3. The molecule has 0 saturated carbocycles. The molecule has 1 aromatic carbocycles. The highest BCUT2D eigenvalue weighted by atomic mass is 16.6. The van der Waals surface area contributed by atoms with Gasteiger partial charge in [-0.3, -0.25) is 0 Å². The van der Waals surface area contributed by atoms with E-state index in [4.69, 9.17) is 10.00 Å². The third-order valence-electron chi connectivity index (χ3n) is 3.64. The Morgan fingerprint density at radius 1 is 1.32 bits per heavy atom. The van der Waals surface area contributed by atoms with Gasteiger partial charge in [-0.25, -0.2) is 4.79 Å². The molecule has 0 spiro atoms. The SMILES string of the molecule is CC(C)(Cc1c[nH]c2c(C=CC#N)cccc12)NC(=O)OC(C)(C)C. The molecule has 2 rings (SSSR count). The summed E-state index contributed by atoms with van der Waals surface area (Å²) in [5.74, 6) is 0. The molecule has 5 nitrogen and oxygen atoms in total. The summed E-state index contributed by atoms with van der Waals surface area (Å²) >= 11 is 0. The molecule has 0 unspecified atom stereocenters. The first-order valence-electron chi connectivity index (χ1n) is 8.28. The topological polar surface area (TPSA) is 77.9 Å². The van der Waals surface area contributed by atoms with Crippen LogP contribution in [0, 0.1) is 11.3 Å². The molecule has 0 aliphatic carbocycles. The van der Waals surface area contributed by atoms with Crippen molar-refractivity contribution in [3.05, 3.63) is 41.6 Å². The lowest BCUT2D eigenvalue weighted by atomic mass is 9.94. The zero-order valence-electron chi connectivity index (χ0n) is 15.4. The van der Waals surface area contributed by atoms with Crippen molar-refractivity contribution in [2.24, 2.45) is 0 Å². The highest BCUT2D eigenvalue weighted by molar-refractivity contribution is 5.90. The van der Waals surface area contributed by atoms with E-state index in [1.807, 2.05) is 65.1 Å². The number of alkyl carbamates (subject to hydrolysis) is 1. The molecule has 1 heterocycles. The third-order valence-corrected chi connectivity index (χ3v) is 3.64. The smallest absolute Gasteiger partial charge is 0.408 e. The maximum atomic E-state index is 12.1. The molecule has 0 fully saturated rings. The van der Waals surface area contributed by atoms with Gasteiger partial charge in [0.1, 0.15) is 5.60 Å². The van der Waals surface area contributed by atoms with E-state index < -0.39 is 17.2 Å². The molecule has 0 saturated heterocycles. The van der Waals surface area contributed by atoms with Crippen molar-refractivity contribution in [1.82, 2.24) is 10.3 Å². The number of nitrogens with zero attached hydrogens (tertiary/aromatic N) is 1. The standard InChI is InChI=1S/C20H25N3O2/c1-19(2,3)25-18(24)23-20(4,5)12-15-13-22-17-14(9-7-11-21)8-6-10-16(15)17/h6-10,13,22H,12H2,1-5H3,(H,23,24). The van der Waals surface area contributed by atoms with E-state index in [1.54, 1.807) is 6.08 Å². The van der Waals surface area contributed by atoms with E-state index in [0.717, 1.165) is 22.0 Å². The van der Waals surface area contributed by atoms with E-state index in [9.17, 15) is 4.79 Å². The Morgan fingerprint density at radius 3 is 2.68 bits per heavy atom. The second-order valence-corrected chi connectivity index (χ2v) is 7.73. The fourth-order valence-electron chi connectivity index (χ4n) is 2.75. The Labute approximate surface area is 148 Å². The van der Waals surface area contributed by atoms with E-state index >= 15 is 0 Å². The van der Waals surface area contributed by atoms with Crippen molar-refractivity contribution < 1.29 is 9.53 Å². The number of carbonyl (C=O) groups excluding carboxylic acids is 1. The van der Waals surface area contributed by atoms with Crippen LogP contribution in [0.4, 0.5) is 4.79 Å². The van der Waals surface area contributed by atoms with Gasteiger partial charge in [0.05, 0.1) is 11.6 Å². The van der Waals surface area contributed by atoms with Gasteiger partial charge in [-0.1, -0.05) is 18.2 Å². The largest absolute Gasteiger partial charge is 0.444 e. The second-order valence-electron chi connectivity index (χ2n) is 7.73. The van der Waals surface area contributed by atoms with Crippen molar-refractivity contribution in [1.29, 1.82) is 5.26 Å². The Hall–Kier alpha value is -2.74. The summed E-state index contributed by atoms with van der Waals surface area (Å²) in [5.41, 5.74) is 2.06. The molecule has 0 bridgehead atoms. The number of hydrogen-bond donors (Lipinski definition) is 2. The van der Waals surface area contributed by atoms with Crippen LogP contribution in [0.25, 0.3) is 17.0 Å². The molecule has 2 aromatic rings. The van der Waals surface area contributed by atoms with Crippen LogP contribution in [0.2, 0.25) is 0 Å². The fraction of sp³-hybridized carbons (Fsp3) is 0.400. The average Bonchev–Trinajstić information content (AvgIpc) is 2.85. The monoisotopic (exact) mass is 339 g/mol. The van der Waals surface area contributed by atoms with E-state index in [-0.39, 0.29) is 0 Å². The third kappa shape index (κ3) is 5.12. The Morgan fingerprint density at radius 2 is 2.04 bits per heavy atom. The Kier molecular flexibility index (Phi) is 5.22. The average molecular weight is 339 g/mol. The predicted molar refractivity (Wildman–Crippen MR) is 100 cm³/mol. The Balaban J connectivity index is 2.21. The number of rotatable bonds is 4. The van der Waals surface area contributed by atoms with Crippen molar-refractivity contribution in [3.8, 4) is 6.07 Å². The number of benzene rings is 1. The first kappa shape index (κ1) is 18.6. The number of aromatic amines is 1. The van der Waals surface area contributed by atoms with Crippen LogP contribution in [-0.4, -0.2) is 22.2 Å². The molecule has 25 heavy (non-hydrogen) atoms. The number of para-hydroxylation sites is 1. The van der Waals surface area contributed by atoms with Gasteiger partial charge >= 0.3 is 6.09 Å². The molecular formula is C20H25N3O2. The number of hydrogen-bond acceptors (Lipinski definition) is 3. The highest BCUT2D eigenvalue weighted by Gasteiger charge is 2.26. The van der Waals surface area contributed by atoms with Crippen LogP contribution in [0.1, 0.15) is 45.7 Å². The van der Waals surface area contributed by atoms with Crippen LogP contribution in [0.5, 0.6) is 0 Å². The summed E-state index contributed by atoms with van der Waals surface area (Å²) in [6.45, 7) is 9.46. The van der Waals surface area contributed by atoms with E-state index in [1.165, 1.54) is 6.08 Å². The first-order chi connectivity index (χ1) is 11.6. The maximum Gasteiger partial charge on any atom is 0.408 e. The molecule has 132 valence electrons. The van der Waals surface area contributed by atoms with Crippen molar-refractivity contribution in [2.45, 2.75) is 52.2 Å². The number of aromatic nitrogens is 1. The van der Waals surface area contributed by atoms with Crippen LogP contribution < -0.4 is 5.32 Å². The summed E-state index contributed by atoms with van der Waals surface area (Å²) in [7, 11) is 0. The van der Waals surface area contributed by atoms with Gasteiger partial charge in [0.15, 0.2) is 0 Å². The van der Waals surface area contributed by atoms with Crippen molar-refractivity contribution in [3.63, 3.8) is 0 Å². The number of allylic oxidation sites excluding steroid dienone is 1. The van der Waals surface area contributed by atoms with Gasteiger partial charge < -0.3 is 15.0 Å². The number of nitrogens with one attached hydrogen (secondary N) is 2. The predicted octanol–water partition coefficient (Wildman–Crippen LogP) is 4.55. The summed E-state index contributed by atoms with van der Waals surface area (Å²) < 4.78 is 5.35. The minimum Gasteiger partial charge on any atom is -0.444 e. The molecule has 0 atom stereocenters. The van der Waals surface area contributed by atoms with Gasteiger partial charge in [-0.05, 0) is 58.2 Å². The summed E-state index contributed by atoms with van der Waals surface area (Å²) in [6.07, 6.45) is 5.43. The summed E-state index contributed by atoms with van der Waals surface area (Å²) in [5, 5.41) is 12.7. The van der Waals surface area contributed by atoms with Gasteiger partial charge in [-0.15, -0.1) is 0 Å². The van der Waals surface area contributed by atoms with Gasteiger partial charge in [0.2, 0.25) is 0 Å². The van der Waals surface area contributed by atoms with Crippen LogP contribution in [-0.2, 0) is 11.2 Å². The highest BCUT2D eigenvalue weighted by Crippen LogP contribution is 2.26. The lowest BCUT2D eigenvalue weighted by molar-refractivity contribution is 0.0472. The minimum atomic E-state index is -0.525. The van der Waals surface area contributed by atoms with Crippen LogP contribution in [0.3, 0.4) is 0 Å². The van der Waals surface area contributed by atoms with E-state index in [2.05, 4.69) is 10.3 Å². The lowest BCUT2D eigenvalue weighted by Gasteiger charge is -2.28. The zero-order valence-corrected chi connectivity index (χ0v) is 15.4. The molecule has 0 aliphatic heterocycles.